The Morgan fingerprint density at radius 1 is 1.50 bits per heavy atom. The van der Waals surface area contributed by atoms with E-state index in [-0.39, 0.29) is 11.3 Å². The van der Waals surface area contributed by atoms with E-state index in [4.69, 9.17) is 5.11 Å². The Bertz CT molecular complexity index is 212. The minimum absolute atomic E-state index is 0.000231. The fraction of sp³-hybridized carbons (Fsp3) is 0.900. The van der Waals surface area contributed by atoms with Crippen LogP contribution in [0.3, 0.4) is 0 Å². The second kappa shape index (κ2) is 2.48. The van der Waals surface area contributed by atoms with Gasteiger partial charge >= 0.3 is 5.97 Å². The Labute approximate surface area is 73.0 Å². The molecule has 1 N–H and O–H groups in total. The summed E-state index contributed by atoms with van der Waals surface area (Å²) in [6, 6.07) is 0. The topological polar surface area (TPSA) is 37.3 Å². The molecule has 68 valence electrons. The molecule has 0 aliphatic heterocycles. The van der Waals surface area contributed by atoms with Crippen molar-refractivity contribution < 1.29 is 9.90 Å². The van der Waals surface area contributed by atoms with Crippen LogP contribution in [0.15, 0.2) is 0 Å². The normalized spacial score (nSPS) is 46.1. The summed E-state index contributed by atoms with van der Waals surface area (Å²) in [6.07, 6.45) is 5.81. The highest BCUT2D eigenvalue weighted by molar-refractivity contribution is 5.74. The first-order valence-corrected chi connectivity index (χ1v) is 4.87. The van der Waals surface area contributed by atoms with Crippen LogP contribution in [-0.2, 0) is 4.79 Å². The van der Waals surface area contributed by atoms with Crippen LogP contribution in [0.25, 0.3) is 0 Å². The van der Waals surface area contributed by atoms with Crippen LogP contribution in [0.1, 0.15) is 39.0 Å². The van der Waals surface area contributed by atoms with Crippen molar-refractivity contribution in [3.8, 4) is 0 Å². The molecule has 0 saturated heterocycles. The van der Waals surface area contributed by atoms with E-state index in [1.165, 1.54) is 12.8 Å². The molecule has 2 saturated carbocycles. The number of hydrogen-bond donors (Lipinski definition) is 1. The molecule has 3 unspecified atom stereocenters. The highest BCUT2D eigenvalue weighted by atomic mass is 16.4. The first kappa shape index (κ1) is 8.09. The molecule has 0 aromatic heterocycles. The van der Waals surface area contributed by atoms with Crippen molar-refractivity contribution in [1.82, 2.24) is 0 Å². The molecule has 0 heterocycles. The average Bonchev–Trinajstić information content (AvgIpc) is 2.63. The largest absolute Gasteiger partial charge is 0.481 e. The Kier molecular flexibility index (Phi) is 1.67. The minimum Gasteiger partial charge on any atom is -0.481 e. The molecule has 12 heavy (non-hydrogen) atoms. The van der Waals surface area contributed by atoms with Gasteiger partial charge in [-0.05, 0) is 30.6 Å². The quantitative estimate of drug-likeness (QED) is 0.652. The van der Waals surface area contributed by atoms with Crippen LogP contribution in [0.4, 0.5) is 0 Å². The van der Waals surface area contributed by atoms with Gasteiger partial charge in [0.25, 0.3) is 0 Å². The van der Waals surface area contributed by atoms with Crippen molar-refractivity contribution >= 4 is 5.97 Å². The molecule has 2 fully saturated rings. The van der Waals surface area contributed by atoms with E-state index < -0.39 is 5.97 Å². The van der Waals surface area contributed by atoms with Crippen molar-refractivity contribution in [3.05, 3.63) is 0 Å². The molecule has 0 radical (unpaired) electrons. The second-order valence-corrected chi connectivity index (χ2v) is 4.66. The van der Waals surface area contributed by atoms with Gasteiger partial charge < -0.3 is 5.11 Å². The first-order valence-electron chi connectivity index (χ1n) is 4.87. The molecule has 0 amide bonds. The van der Waals surface area contributed by atoms with Crippen molar-refractivity contribution in [2.75, 3.05) is 0 Å². The summed E-state index contributed by atoms with van der Waals surface area (Å²) in [5, 5.41) is 8.86. The summed E-state index contributed by atoms with van der Waals surface area (Å²) in [5.74, 6) is 0.187. The van der Waals surface area contributed by atoms with Crippen molar-refractivity contribution in [3.63, 3.8) is 0 Å². The van der Waals surface area contributed by atoms with Gasteiger partial charge in [-0.15, -0.1) is 0 Å². The molecule has 2 rings (SSSR count). The smallest absolute Gasteiger partial charge is 0.307 e. The number of hydrogen-bond acceptors (Lipinski definition) is 1. The molecular formula is C10H16O2. The zero-order valence-corrected chi connectivity index (χ0v) is 7.55. The highest BCUT2D eigenvalue weighted by Crippen LogP contribution is 2.62. The summed E-state index contributed by atoms with van der Waals surface area (Å²) in [5.41, 5.74) is 0.240. The van der Waals surface area contributed by atoms with Gasteiger partial charge in [0.05, 0.1) is 5.92 Å². The lowest BCUT2D eigenvalue weighted by molar-refractivity contribution is -0.139. The molecular weight excluding hydrogens is 152 g/mol. The Hall–Kier alpha value is -0.530. The Balaban J connectivity index is 2.01. The third kappa shape index (κ3) is 1.13. The van der Waals surface area contributed by atoms with Gasteiger partial charge in [0.15, 0.2) is 0 Å². The maximum absolute atomic E-state index is 10.7. The fourth-order valence-corrected chi connectivity index (χ4v) is 2.90. The third-order valence-electron chi connectivity index (χ3n) is 3.61. The number of carbonyl (C=O) groups is 1. The predicted molar refractivity (Wildman–Crippen MR) is 45.8 cm³/mol. The van der Waals surface area contributed by atoms with E-state index in [0.717, 1.165) is 25.2 Å². The lowest BCUT2D eigenvalue weighted by atomic mass is 9.78. The average molecular weight is 168 g/mol. The van der Waals surface area contributed by atoms with Crippen LogP contribution in [0.2, 0.25) is 0 Å². The van der Waals surface area contributed by atoms with Gasteiger partial charge in [0.2, 0.25) is 0 Å². The van der Waals surface area contributed by atoms with E-state index in [9.17, 15) is 4.79 Å². The van der Waals surface area contributed by atoms with Gasteiger partial charge in [0.1, 0.15) is 0 Å². The van der Waals surface area contributed by atoms with Crippen LogP contribution < -0.4 is 0 Å². The number of carboxylic acid groups (broad SMARTS) is 1. The highest BCUT2D eigenvalue weighted by Gasteiger charge is 2.58. The summed E-state index contributed by atoms with van der Waals surface area (Å²) in [4.78, 5) is 10.7. The second-order valence-electron chi connectivity index (χ2n) is 4.66. The zero-order valence-electron chi connectivity index (χ0n) is 7.55. The zero-order chi connectivity index (χ0) is 8.77. The van der Waals surface area contributed by atoms with Gasteiger partial charge in [-0.3, -0.25) is 4.79 Å². The van der Waals surface area contributed by atoms with Gasteiger partial charge in [0, 0.05) is 0 Å². The van der Waals surface area contributed by atoms with Crippen LogP contribution in [-0.4, -0.2) is 11.1 Å². The third-order valence-corrected chi connectivity index (χ3v) is 3.61. The molecule has 2 aliphatic carbocycles. The maximum atomic E-state index is 10.7. The summed E-state index contributed by atoms with van der Waals surface area (Å²) in [7, 11) is 0. The van der Waals surface area contributed by atoms with Crippen molar-refractivity contribution in [1.29, 1.82) is 0 Å². The molecule has 2 nitrogen and oxygen atoms in total. The summed E-state index contributed by atoms with van der Waals surface area (Å²) in [6.45, 7) is 2.25. The molecule has 0 bridgehead atoms. The van der Waals surface area contributed by atoms with E-state index in [1.54, 1.807) is 0 Å². The SMILES string of the molecule is CC1CCCC2(C1)CC2C(=O)O. The fourth-order valence-electron chi connectivity index (χ4n) is 2.90. The summed E-state index contributed by atoms with van der Waals surface area (Å²) >= 11 is 0. The van der Waals surface area contributed by atoms with Crippen LogP contribution in [0, 0.1) is 17.3 Å². The van der Waals surface area contributed by atoms with E-state index in [0.29, 0.717) is 0 Å². The monoisotopic (exact) mass is 168 g/mol. The van der Waals surface area contributed by atoms with Crippen LogP contribution in [0.5, 0.6) is 0 Å². The number of carboxylic acids is 1. The predicted octanol–water partition coefficient (Wildman–Crippen LogP) is 2.29. The molecule has 2 heteroatoms. The first-order chi connectivity index (χ1) is 5.64. The van der Waals surface area contributed by atoms with E-state index in [2.05, 4.69) is 6.92 Å². The molecule has 3 atom stereocenters. The lowest BCUT2D eigenvalue weighted by Gasteiger charge is -2.26. The lowest BCUT2D eigenvalue weighted by Crippen LogP contribution is -2.18. The van der Waals surface area contributed by atoms with E-state index >= 15 is 0 Å². The molecule has 0 aromatic rings. The number of aliphatic carboxylic acids is 1. The van der Waals surface area contributed by atoms with Gasteiger partial charge in [-0.1, -0.05) is 19.8 Å². The number of rotatable bonds is 1. The van der Waals surface area contributed by atoms with Gasteiger partial charge in [-0.25, -0.2) is 0 Å². The van der Waals surface area contributed by atoms with Gasteiger partial charge in [-0.2, -0.15) is 0 Å². The molecule has 0 aromatic carbocycles. The Morgan fingerprint density at radius 3 is 2.75 bits per heavy atom. The van der Waals surface area contributed by atoms with Crippen molar-refractivity contribution in [2.24, 2.45) is 17.3 Å². The summed E-state index contributed by atoms with van der Waals surface area (Å²) < 4.78 is 0. The molecule has 1 spiro atoms. The van der Waals surface area contributed by atoms with Crippen LogP contribution >= 0.6 is 0 Å². The van der Waals surface area contributed by atoms with E-state index in [1.807, 2.05) is 0 Å². The Morgan fingerprint density at radius 2 is 2.25 bits per heavy atom. The van der Waals surface area contributed by atoms with Crippen molar-refractivity contribution in [2.45, 2.75) is 39.0 Å². The standard InChI is InChI=1S/C10H16O2/c1-7-3-2-4-10(5-7)6-8(10)9(11)12/h7-8H,2-6H2,1H3,(H,11,12). The maximum Gasteiger partial charge on any atom is 0.307 e. The minimum atomic E-state index is -0.566. The molecule has 2 aliphatic rings.